The van der Waals surface area contributed by atoms with Gasteiger partial charge in [0.2, 0.25) is 5.91 Å². The van der Waals surface area contributed by atoms with Gasteiger partial charge in [0.15, 0.2) is 0 Å². The summed E-state index contributed by atoms with van der Waals surface area (Å²) >= 11 is 0. The van der Waals surface area contributed by atoms with Crippen LogP contribution in [0.1, 0.15) is 45.4 Å². The van der Waals surface area contributed by atoms with Crippen LogP contribution < -0.4 is 5.32 Å². The number of likely N-dealkylation sites (tertiary alicyclic amines) is 1. The van der Waals surface area contributed by atoms with Crippen LogP contribution in [0.3, 0.4) is 0 Å². The number of piperazine rings is 1. The molecule has 1 atom stereocenters. The minimum atomic E-state index is 0.383. The van der Waals surface area contributed by atoms with Crippen molar-refractivity contribution in [2.45, 2.75) is 51.5 Å². The molecule has 2 aliphatic rings. The summed E-state index contributed by atoms with van der Waals surface area (Å²) in [6, 6.07) is 0.603. The molecule has 0 aromatic heterocycles. The van der Waals surface area contributed by atoms with E-state index in [2.05, 4.69) is 22.0 Å². The number of carbonyl (C=O) groups excluding carboxylic acids is 1. The highest BCUT2D eigenvalue weighted by Crippen LogP contribution is 2.17. The molecule has 2 rings (SSSR count). The van der Waals surface area contributed by atoms with Crippen molar-refractivity contribution in [2.24, 2.45) is 0 Å². The van der Waals surface area contributed by atoms with E-state index in [9.17, 15) is 4.79 Å². The maximum atomic E-state index is 12.2. The number of nitrogens with one attached hydrogen (secondary N) is 1. The lowest BCUT2D eigenvalue weighted by Gasteiger charge is -2.41. The molecule has 2 saturated heterocycles. The second-order valence-electron chi connectivity index (χ2n) is 5.88. The van der Waals surface area contributed by atoms with E-state index in [-0.39, 0.29) is 0 Å². The zero-order chi connectivity index (χ0) is 13.5. The number of carbonyl (C=O) groups is 1. The van der Waals surface area contributed by atoms with Crippen LogP contribution in [0.4, 0.5) is 0 Å². The highest BCUT2D eigenvalue weighted by Gasteiger charge is 2.28. The third-order valence-corrected chi connectivity index (χ3v) is 4.41. The molecule has 0 aromatic rings. The molecule has 0 bridgehead atoms. The van der Waals surface area contributed by atoms with E-state index in [0.717, 1.165) is 52.1 Å². The average Bonchev–Trinajstić information content (AvgIpc) is 2.48. The van der Waals surface area contributed by atoms with E-state index in [1.807, 2.05) is 0 Å². The number of hydrogen-bond acceptors (Lipinski definition) is 3. The Balaban J connectivity index is 1.77. The van der Waals surface area contributed by atoms with Crippen molar-refractivity contribution in [1.82, 2.24) is 15.1 Å². The molecule has 110 valence electrons. The Hall–Kier alpha value is -0.610. The molecule has 2 aliphatic heterocycles. The van der Waals surface area contributed by atoms with Crippen molar-refractivity contribution in [3.05, 3.63) is 0 Å². The largest absolute Gasteiger partial charge is 0.341 e. The second kappa shape index (κ2) is 7.85. The van der Waals surface area contributed by atoms with Crippen LogP contribution in [0, 0.1) is 0 Å². The summed E-state index contributed by atoms with van der Waals surface area (Å²) in [6.45, 7) is 8.61. The van der Waals surface area contributed by atoms with Gasteiger partial charge in [-0.15, -0.1) is 0 Å². The molecule has 19 heavy (non-hydrogen) atoms. The van der Waals surface area contributed by atoms with E-state index < -0.39 is 0 Å². The van der Waals surface area contributed by atoms with Crippen molar-refractivity contribution in [1.29, 1.82) is 0 Å². The Morgan fingerprint density at radius 1 is 1.21 bits per heavy atom. The van der Waals surface area contributed by atoms with E-state index in [0.29, 0.717) is 11.9 Å². The van der Waals surface area contributed by atoms with Crippen LogP contribution in [0.5, 0.6) is 0 Å². The fourth-order valence-electron chi connectivity index (χ4n) is 3.21. The summed E-state index contributed by atoms with van der Waals surface area (Å²) < 4.78 is 0. The zero-order valence-corrected chi connectivity index (χ0v) is 12.4. The highest BCUT2D eigenvalue weighted by atomic mass is 16.2. The maximum Gasteiger partial charge on any atom is 0.222 e. The van der Waals surface area contributed by atoms with Crippen molar-refractivity contribution in [2.75, 3.05) is 39.3 Å². The summed E-state index contributed by atoms with van der Waals surface area (Å²) in [7, 11) is 0. The SMILES string of the molecule is CCCCCC(=O)N1CCCC(N2CCNCC2)C1. The average molecular weight is 267 g/mol. The summed E-state index contributed by atoms with van der Waals surface area (Å²) in [5.74, 6) is 0.383. The Morgan fingerprint density at radius 2 is 2.00 bits per heavy atom. The summed E-state index contributed by atoms with van der Waals surface area (Å²) in [5.41, 5.74) is 0. The van der Waals surface area contributed by atoms with Gasteiger partial charge in [-0.25, -0.2) is 0 Å². The van der Waals surface area contributed by atoms with E-state index >= 15 is 0 Å². The molecule has 0 radical (unpaired) electrons. The molecule has 1 N–H and O–H groups in total. The quantitative estimate of drug-likeness (QED) is 0.766. The van der Waals surface area contributed by atoms with Crippen LogP contribution in [0.25, 0.3) is 0 Å². The van der Waals surface area contributed by atoms with Gasteiger partial charge in [-0.2, -0.15) is 0 Å². The van der Waals surface area contributed by atoms with Gasteiger partial charge in [0.05, 0.1) is 0 Å². The predicted octanol–water partition coefficient (Wildman–Crippen LogP) is 1.46. The molecule has 2 heterocycles. The standard InChI is InChI=1S/C15H29N3O/c1-2-3-4-7-15(19)18-10-5-6-14(13-18)17-11-8-16-9-12-17/h14,16H,2-13H2,1H3. The third-order valence-electron chi connectivity index (χ3n) is 4.41. The molecule has 0 saturated carbocycles. The molecule has 0 aliphatic carbocycles. The lowest BCUT2D eigenvalue weighted by atomic mass is 10.0. The first-order chi connectivity index (χ1) is 9.31. The number of nitrogens with zero attached hydrogens (tertiary/aromatic N) is 2. The molecule has 2 fully saturated rings. The number of unbranched alkanes of at least 4 members (excludes halogenated alkanes) is 2. The first kappa shape index (κ1) is 14.8. The maximum absolute atomic E-state index is 12.2. The molecular weight excluding hydrogens is 238 g/mol. The van der Waals surface area contributed by atoms with Gasteiger partial charge in [0.25, 0.3) is 0 Å². The van der Waals surface area contributed by atoms with Crippen LogP contribution in [-0.4, -0.2) is 61.0 Å². The number of amides is 1. The van der Waals surface area contributed by atoms with Gasteiger partial charge in [-0.1, -0.05) is 19.8 Å². The van der Waals surface area contributed by atoms with Crippen molar-refractivity contribution in [3.8, 4) is 0 Å². The first-order valence-electron chi connectivity index (χ1n) is 8.04. The monoisotopic (exact) mass is 267 g/mol. The molecular formula is C15H29N3O. The molecule has 0 spiro atoms. The Kier molecular flexibility index (Phi) is 6.11. The summed E-state index contributed by atoms with van der Waals surface area (Å²) in [5, 5.41) is 3.40. The Bertz CT molecular complexity index is 277. The zero-order valence-electron chi connectivity index (χ0n) is 12.4. The van der Waals surface area contributed by atoms with Crippen LogP contribution in [0.15, 0.2) is 0 Å². The van der Waals surface area contributed by atoms with E-state index in [1.54, 1.807) is 0 Å². The topological polar surface area (TPSA) is 35.6 Å². The van der Waals surface area contributed by atoms with Crippen LogP contribution in [0.2, 0.25) is 0 Å². The summed E-state index contributed by atoms with van der Waals surface area (Å²) in [4.78, 5) is 16.9. The Morgan fingerprint density at radius 3 is 2.74 bits per heavy atom. The molecule has 1 unspecified atom stereocenters. The molecule has 0 aromatic carbocycles. The lowest BCUT2D eigenvalue weighted by Crippen LogP contribution is -2.54. The number of rotatable bonds is 5. The summed E-state index contributed by atoms with van der Waals surface area (Å²) in [6.07, 6.45) is 6.62. The van der Waals surface area contributed by atoms with E-state index in [4.69, 9.17) is 0 Å². The van der Waals surface area contributed by atoms with Crippen LogP contribution in [-0.2, 0) is 4.79 Å². The fourth-order valence-corrected chi connectivity index (χ4v) is 3.21. The molecule has 4 nitrogen and oxygen atoms in total. The van der Waals surface area contributed by atoms with Crippen molar-refractivity contribution >= 4 is 5.91 Å². The fraction of sp³-hybridized carbons (Fsp3) is 0.933. The first-order valence-corrected chi connectivity index (χ1v) is 8.04. The minimum Gasteiger partial charge on any atom is -0.341 e. The van der Waals surface area contributed by atoms with Gasteiger partial charge in [-0.3, -0.25) is 9.69 Å². The van der Waals surface area contributed by atoms with Gasteiger partial charge in [-0.05, 0) is 19.3 Å². The van der Waals surface area contributed by atoms with Crippen molar-refractivity contribution < 1.29 is 4.79 Å². The molecule has 4 heteroatoms. The third kappa shape index (κ3) is 4.46. The Labute approximate surface area is 117 Å². The van der Waals surface area contributed by atoms with Gasteiger partial charge in [0.1, 0.15) is 0 Å². The van der Waals surface area contributed by atoms with Gasteiger partial charge in [0, 0.05) is 51.7 Å². The minimum absolute atomic E-state index is 0.383. The van der Waals surface area contributed by atoms with E-state index in [1.165, 1.54) is 25.7 Å². The van der Waals surface area contributed by atoms with Crippen molar-refractivity contribution in [3.63, 3.8) is 0 Å². The number of hydrogen-bond donors (Lipinski definition) is 1. The lowest BCUT2D eigenvalue weighted by molar-refractivity contribution is -0.133. The van der Waals surface area contributed by atoms with Gasteiger partial charge >= 0.3 is 0 Å². The smallest absolute Gasteiger partial charge is 0.222 e. The number of piperidine rings is 1. The predicted molar refractivity (Wildman–Crippen MR) is 78.2 cm³/mol. The molecule has 1 amide bonds. The second-order valence-corrected chi connectivity index (χ2v) is 5.88. The highest BCUT2D eigenvalue weighted by molar-refractivity contribution is 5.76. The van der Waals surface area contributed by atoms with Crippen LogP contribution >= 0.6 is 0 Å². The normalized spacial score (nSPS) is 25.5. The van der Waals surface area contributed by atoms with Gasteiger partial charge < -0.3 is 10.2 Å².